The van der Waals surface area contributed by atoms with E-state index in [1.807, 2.05) is 0 Å². The molecule has 1 unspecified atom stereocenters. The van der Waals surface area contributed by atoms with Gasteiger partial charge in [0, 0.05) is 6.42 Å². The minimum absolute atomic E-state index is 0.0787. The summed E-state index contributed by atoms with van der Waals surface area (Å²) in [5.74, 6) is -1.67. The second kappa shape index (κ2) is 7.82. The Morgan fingerprint density at radius 3 is 2.42 bits per heavy atom. The molecule has 0 fully saturated rings. The Kier molecular flexibility index (Phi) is 5.97. The summed E-state index contributed by atoms with van der Waals surface area (Å²) in [5, 5.41) is 10.8. The molecule has 0 spiro atoms. The summed E-state index contributed by atoms with van der Waals surface area (Å²) in [6, 6.07) is 9.01. The fourth-order valence-corrected chi connectivity index (χ4v) is 2.82. The number of halogens is 3. The maximum atomic E-state index is 13.2. The van der Waals surface area contributed by atoms with Crippen LogP contribution in [0.3, 0.4) is 0 Å². The summed E-state index contributed by atoms with van der Waals surface area (Å²) in [4.78, 5) is 23.0. The first-order valence-electron chi connectivity index (χ1n) is 7.66. The normalized spacial score (nSPS) is 12.5. The molecule has 0 aromatic heterocycles. The van der Waals surface area contributed by atoms with E-state index in [1.165, 1.54) is 36.4 Å². The molecular weight excluding hydrogens is 367 g/mol. The number of amides is 1. The number of carbonyl (C=O) groups is 2. The lowest BCUT2D eigenvalue weighted by atomic mass is 9.97. The van der Waals surface area contributed by atoms with Gasteiger partial charge >= 0.3 is 12.1 Å². The first-order chi connectivity index (χ1) is 12.1. The fraction of sp³-hybridized carbons (Fsp3) is 0.222. The standard InChI is InChI=1S/C18H16F3NO3S/c1-2-15(23)22-14-8-7-10(9-12(14)17(24)25)16(26)11-5-3-4-6-13(11)18(19,20)21/h3-9,16,26H,2H2,1H3,(H,22,23)(H,24,25). The minimum atomic E-state index is -4.55. The SMILES string of the molecule is CCC(=O)Nc1ccc(C(S)c2ccccc2C(F)(F)F)cc1C(=O)O. The molecule has 138 valence electrons. The molecule has 0 saturated carbocycles. The minimum Gasteiger partial charge on any atom is -0.478 e. The van der Waals surface area contributed by atoms with Gasteiger partial charge < -0.3 is 10.4 Å². The number of rotatable bonds is 5. The smallest absolute Gasteiger partial charge is 0.416 e. The monoisotopic (exact) mass is 383 g/mol. The van der Waals surface area contributed by atoms with Crippen LogP contribution in [0.5, 0.6) is 0 Å². The van der Waals surface area contributed by atoms with E-state index in [2.05, 4.69) is 17.9 Å². The summed E-state index contributed by atoms with van der Waals surface area (Å²) in [6.07, 6.45) is -4.39. The van der Waals surface area contributed by atoms with Crippen LogP contribution in [0.4, 0.5) is 18.9 Å². The molecule has 0 aliphatic rings. The number of anilines is 1. The van der Waals surface area contributed by atoms with E-state index < -0.39 is 23.0 Å². The van der Waals surface area contributed by atoms with Gasteiger partial charge in [0.2, 0.25) is 5.91 Å². The van der Waals surface area contributed by atoms with E-state index in [1.54, 1.807) is 6.92 Å². The van der Waals surface area contributed by atoms with Gasteiger partial charge in [0.1, 0.15) is 0 Å². The van der Waals surface area contributed by atoms with Crippen LogP contribution in [-0.4, -0.2) is 17.0 Å². The number of alkyl halides is 3. The summed E-state index contributed by atoms with van der Waals surface area (Å²) < 4.78 is 39.6. The van der Waals surface area contributed by atoms with Crippen LogP contribution < -0.4 is 5.32 Å². The van der Waals surface area contributed by atoms with E-state index in [4.69, 9.17) is 0 Å². The van der Waals surface area contributed by atoms with E-state index >= 15 is 0 Å². The third-order valence-electron chi connectivity index (χ3n) is 3.75. The lowest BCUT2D eigenvalue weighted by Gasteiger charge is -2.19. The first-order valence-corrected chi connectivity index (χ1v) is 8.18. The Hall–Kier alpha value is -2.48. The highest BCUT2D eigenvalue weighted by atomic mass is 32.1. The molecule has 0 bridgehead atoms. The van der Waals surface area contributed by atoms with Gasteiger partial charge in [0.05, 0.1) is 22.1 Å². The molecule has 8 heteroatoms. The third-order valence-corrected chi connectivity index (χ3v) is 4.32. The van der Waals surface area contributed by atoms with Gasteiger partial charge in [-0.1, -0.05) is 31.2 Å². The molecule has 0 aliphatic carbocycles. The van der Waals surface area contributed by atoms with Crippen molar-refractivity contribution in [2.75, 3.05) is 5.32 Å². The molecule has 0 saturated heterocycles. The maximum Gasteiger partial charge on any atom is 0.416 e. The van der Waals surface area contributed by atoms with Gasteiger partial charge in [-0.15, -0.1) is 0 Å². The molecule has 0 aliphatic heterocycles. The predicted octanol–water partition coefficient (Wildman–Crippen LogP) is 4.77. The van der Waals surface area contributed by atoms with Crippen LogP contribution in [-0.2, 0) is 11.0 Å². The second-order valence-corrected chi connectivity index (χ2v) is 6.02. The van der Waals surface area contributed by atoms with Crippen molar-refractivity contribution in [2.24, 2.45) is 0 Å². The van der Waals surface area contributed by atoms with Crippen LogP contribution in [0, 0.1) is 0 Å². The van der Waals surface area contributed by atoms with E-state index in [9.17, 15) is 27.9 Å². The molecule has 1 atom stereocenters. The number of carboxylic acids is 1. The molecule has 2 aromatic carbocycles. The van der Waals surface area contributed by atoms with Crippen LogP contribution in [0.2, 0.25) is 0 Å². The number of hydrogen-bond donors (Lipinski definition) is 3. The number of benzene rings is 2. The van der Waals surface area contributed by atoms with E-state index in [0.29, 0.717) is 0 Å². The van der Waals surface area contributed by atoms with Crippen LogP contribution in [0.25, 0.3) is 0 Å². The van der Waals surface area contributed by atoms with Crippen molar-refractivity contribution in [1.82, 2.24) is 0 Å². The van der Waals surface area contributed by atoms with Crippen molar-refractivity contribution < 1.29 is 27.9 Å². The van der Waals surface area contributed by atoms with E-state index in [0.717, 1.165) is 6.07 Å². The van der Waals surface area contributed by atoms with Crippen molar-refractivity contribution in [3.63, 3.8) is 0 Å². The van der Waals surface area contributed by atoms with Gasteiger partial charge in [-0.2, -0.15) is 25.8 Å². The van der Waals surface area contributed by atoms with Crippen molar-refractivity contribution in [3.05, 3.63) is 64.7 Å². The van der Waals surface area contributed by atoms with Gasteiger partial charge in [-0.3, -0.25) is 4.79 Å². The van der Waals surface area contributed by atoms with Crippen LogP contribution in [0.15, 0.2) is 42.5 Å². The molecule has 0 heterocycles. The maximum absolute atomic E-state index is 13.2. The Bertz CT molecular complexity index is 837. The van der Waals surface area contributed by atoms with Crippen LogP contribution >= 0.6 is 12.6 Å². The van der Waals surface area contributed by atoms with Gasteiger partial charge in [0.15, 0.2) is 0 Å². The Morgan fingerprint density at radius 1 is 1.19 bits per heavy atom. The van der Waals surface area contributed by atoms with Gasteiger partial charge in [0.25, 0.3) is 0 Å². The first kappa shape index (κ1) is 19.8. The van der Waals surface area contributed by atoms with E-state index in [-0.39, 0.29) is 34.7 Å². The molecule has 4 nitrogen and oxygen atoms in total. The number of carbonyl (C=O) groups excluding carboxylic acids is 1. The second-order valence-electron chi connectivity index (χ2n) is 5.50. The van der Waals surface area contributed by atoms with Crippen LogP contribution in [0.1, 0.15) is 45.6 Å². The zero-order valence-corrected chi connectivity index (χ0v) is 14.6. The average molecular weight is 383 g/mol. The molecule has 2 aromatic rings. The van der Waals surface area contributed by atoms with Crippen molar-refractivity contribution in [2.45, 2.75) is 24.8 Å². The Balaban J connectivity index is 2.48. The summed E-state index contributed by atoms with van der Waals surface area (Å²) >= 11 is 4.27. The predicted molar refractivity (Wildman–Crippen MR) is 94.6 cm³/mol. The number of nitrogens with one attached hydrogen (secondary N) is 1. The Labute approximate surface area is 153 Å². The number of thiol groups is 1. The van der Waals surface area contributed by atoms with Gasteiger partial charge in [-0.05, 0) is 29.3 Å². The lowest BCUT2D eigenvalue weighted by molar-refractivity contribution is -0.138. The lowest BCUT2D eigenvalue weighted by Crippen LogP contribution is -2.14. The quantitative estimate of drug-likeness (QED) is 0.652. The summed E-state index contributed by atoms with van der Waals surface area (Å²) in [6.45, 7) is 1.61. The largest absolute Gasteiger partial charge is 0.478 e. The zero-order valence-electron chi connectivity index (χ0n) is 13.7. The number of carboxylic acid groups (broad SMARTS) is 1. The average Bonchev–Trinajstić information content (AvgIpc) is 2.60. The molecule has 2 N–H and O–H groups in total. The summed E-state index contributed by atoms with van der Waals surface area (Å²) in [7, 11) is 0. The zero-order chi connectivity index (χ0) is 19.5. The molecule has 26 heavy (non-hydrogen) atoms. The molecule has 1 amide bonds. The topological polar surface area (TPSA) is 66.4 Å². The molecule has 2 rings (SSSR count). The molecular formula is C18H16F3NO3S. The van der Waals surface area contributed by atoms with Crippen molar-refractivity contribution in [1.29, 1.82) is 0 Å². The summed E-state index contributed by atoms with van der Waals surface area (Å²) in [5.41, 5.74) is -0.771. The number of hydrogen-bond acceptors (Lipinski definition) is 3. The highest BCUT2D eigenvalue weighted by Crippen LogP contribution is 2.39. The fourth-order valence-electron chi connectivity index (χ4n) is 2.43. The van der Waals surface area contributed by atoms with Crippen molar-refractivity contribution >= 4 is 30.2 Å². The number of aromatic carboxylic acids is 1. The van der Waals surface area contributed by atoms with Crippen molar-refractivity contribution in [3.8, 4) is 0 Å². The highest BCUT2D eigenvalue weighted by molar-refractivity contribution is 7.80. The van der Waals surface area contributed by atoms with Gasteiger partial charge in [-0.25, -0.2) is 4.79 Å². The third kappa shape index (κ3) is 4.37. The highest BCUT2D eigenvalue weighted by Gasteiger charge is 2.34. The Morgan fingerprint density at radius 2 is 1.85 bits per heavy atom. The molecule has 0 radical (unpaired) electrons.